The Morgan fingerprint density at radius 3 is 2.39 bits per heavy atom. The van der Waals surface area contributed by atoms with Crippen molar-refractivity contribution in [3.05, 3.63) is 82.3 Å². The van der Waals surface area contributed by atoms with Crippen molar-refractivity contribution in [3.63, 3.8) is 0 Å². The summed E-state index contributed by atoms with van der Waals surface area (Å²) >= 11 is 9.20. The molecular weight excluding hydrogens is 543 g/mol. The van der Waals surface area contributed by atoms with Crippen LogP contribution in [0.1, 0.15) is 35.4 Å². The van der Waals surface area contributed by atoms with E-state index in [0.717, 1.165) is 22.0 Å². The average molecular weight is 563 g/mol. The molecule has 1 atom stereocenters. The zero-order valence-corrected chi connectivity index (χ0v) is 20.6. The van der Waals surface area contributed by atoms with Gasteiger partial charge in [-0.25, -0.2) is 18.4 Å². The number of alkyl halides is 4. The van der Waals surface area contributed by atoms with Crippen molar-refractivity contribution in [2.24, 2.45) is 0 Å². The summed E-state index contributed by atoms with van der Waals surface area (Å²) in [7, 11) is -4.33. The van der Waals surface area contributed by atoms with Gasteiger partial charge in [-0.15, -0.1) is 11.6 Å². The van der Waals surface area contributed by atoms with Crippen molar-refractivity contribution >= 4 is 43.2 Å². The summed E-state index contributed by atoms with van der Waals surface area (Å²) in [5, 5.41) is -0.674. The predicted octanol–water partition coefficient (Wildman–Crippen LogP) is 6.39. The van der Waals surface area contributed by atoms with Gasteiger partial charge < -0.3 is 0 Å². The number of benzene rings is 2. The third-order valence-corrected chi connectivity index (χ3v) is 7.98. The van der Waals surface area contributed by atoms with Crippen molar-refractivity contribution in [2.75, 3.05) is 10.8 Å². The Morgan fingerprint density at radius 1 is 1.12 bits per heavy atom. The van der Waals surface area contributed by atoms with Crippen LogP contribution in [0.15, 0.2) is 70.6 Å². The molecule has 3 aromatic rings. The molecule has 0 N–H and O–H groups in total. The van der Waals surface area contributed by atoms with Crippen LogP contribution in [0, 0.1) is 0 Å². The van der Waals surface area contributed by atoms with Crippen LogP contribution in [-0.2, 0) is 22.6 Å². The largest absolute Gasteiger partial charge is 0.418 e. The number of hydrogen-bond donors (Lipinski definition) is 0. The van der Waals surface area contributed by atoms with Crippen LogP contribution in [0.2, 0.25) is 0 Å². The van der Waals surface area contributed by atoms with Crippen molar-refractivity contribution in [3.8, 4) is 0 Å². The third kappa shape index (κ3) is 6.04. The summed E-state index contributed by atoms with van der Waals surface area (Å²) in [5.41, 5.74) is -0.527. The van der Waals surface area contributed by atoms with E-state index in [9.17, 15) is 21.6 Å². The van der Waals surface area contributed by atoms with Crippen molar-refractivity contribution < 1.29 is 21.6 Å². The monoisotopic (exact) mass is 561 g/mol. The lowest BCUT2D eigenvalue weighted by molar-refractivity contribution is -0.137. The normalized spacial score (nSPS) is 13.0. The number of aryl methyl sites for hydroxylation is 1. The molecule has 1 heterocycles. The Bertz CT molecular complexity index is 1210. The second kappa shape index (κ2) is 10.4. The molecular formula is C22H20BrClF3N3O2S. The van der Waals surface area contributed by atoms with Gasteiger partial charge in [-0.2, -0.15) is 13.2 Å². The van der Waals surface area contributed by atoms with Crippen molar-refractivity contribution in [2.45, 2.75) is 36.2 Å². The lowest BCUT2D eigenvalue weighted by Gasteiger charge is -2.28. The van der Waals surface area contributed by atoms with E-state index in [4.69, 9.17) is 11.6 Å². The first-order valence-electron chi connectivity index (χ1n) is 9.88. The van der Waals surface area contributed by atoms with Gasteiger partial charge >= 0.3 is 6.18 Å². The van der Waals surface area contributed by atoms with Gasteiger partial charge in [0.2, 0.25) is 0 Å². The molecule has 0 spiro atoms. The maximum atomic E-state index is 14.0. The summed E-state index contributed by atoms with van der Waals surface area (Å²) in [4.78, 5) is 7.69. The molecule has 2 aromatic carbocycles. The smallest absolute Gasteiger partial charge is 0.266 e. The lowest BCUT2D eigenvalue weighted by atomic mass is 10.1. The van der Waals surface area contributed by atoms with E-state index < -0.39 is 32.8 Å². The minimum absolute atomic E-state index is 0.129. The maximum absolute atomic E-state index is 14.0. The first-order chi connectivity index (χ1) is 15.5. The number of sulfonamides is 1. The molecule has 0 amide bonds. The molecule has 0 fully saturated rings. The fourth-order valence-corrected chi connectivity index (χ4v) is 5.90. The van der Waals surface area contributed by atoms with Crippen LogP contribution in [0.25, 0.3) is 0 Å². The van der Waals surface area contributed by atoms with Gasteiger partial charge in [-0.1, -0.05) is 18.2 Å². The highest BCUT2D eigenvalue weighted by molar-refractivity contribution is 9.10. The van der Waals surface area contributed by atoms with E-state index in [1.54, 1.807) is 25.4 Å². The summed E-state index contributed by atoms with van der Waals surface area (Å²) < 4.78 is 70.3. The van der Waals surface area contributed by atoms with Gasteiger partial charge in [0.05, 0.1) is 16.6 Å². The Balaban J connectivity index is 2.10. The SMILES string of the molecule is CC(Cl)c1ccc(N(CCCc2cncnc2)S(=O)(=O)c2ccccc2Br)c(C(F)(F)F)c1. The molecule has 33 heavy (non-hydrogen) atoms. The van der Waals surface area contributed by atoms with Gasteiger partial charge in [-0.05, 0) is 71.1 Å². The topological polar surface area (TPSA) is 63.2 Å². The Hall–Kier alpha value is -2.17. The summed E-state index contributed by atoms with van der Waals surface area (Å²) in [6, 6.07) is 9.49. The molecule has 0 radical (unpaired) electrons. The van der Waals surface area contributed by atoms with Crippen molar-refractivity contribution in [1.29, 1.82) is 0 Å². The predicted molar refractivity (Wildman–Crippen MR) is 125 cm³/mol. The first-order valence-corrected chi connectivity index (χ1v) is 12.5. The third-order valence-electron chi connectivity index (χ3n) is 4.90. The number of hydrogen-bond acceptors (Lipinski definition) is 4. The molecule has 0 saturated heterocycles. The molecule has 1 unspecified atom stereocenters. The van der Waals surface area contributed by atoms with E-state index in [0.29, 0.717) is 6.42 Å². The second-order valence-electron chi connectivity index (χ2n) is 7.25. The van der Waals surface area contributed by atoms with Crippen LogP contribution < -0.4 is 4.31 Å². The summed E-state index contributed by atoms with van der Waals surface area (Å²) in [5.74, 6) is 0. The van der Waals surface area contributed by atoms with Crippen LogP contribution in [-0.4, -0.2) is 24.9 Å². The molecule has 5 nitrogen and oxygen atoms in total. The molecule has 11 heteroatoms. The molecule has 0 bridgehead atoms. The Kier molecular flexibility index (Phi) is 8.02. The van der Waals surface area contributed by atoms with Crippen molar-refractivity contribution in [1.82, 2.24) is 9.97 Å². The highest BCUT2D eigenvalue weighted by Crippen LogP contribution is 2.41. The summed E-state index contributed by atoms with van der Waals surface area (Å²) in [6.07, 6.45) is 0.381. The number of anilines is 1. The fourth-order valence-electron chi connectivity index (χ4n) is 3.27. The number of aromatic nitrogens is 2. The van der Waals surface area contributed by atoms with E-state index in [1.807, 2.05) is 0 Å². The molecule has 3 rings (SSSR count). The van der Waals surface area contributed by atoms with Gasteiger partial charge in [0, 0.05) is 23.4 Å². The van der Waals surface area contributed by atoms with Crippen LogP contribution >= 0.6 is 27.5 Å². The first kappa shape index (κ1) is 25.5. The Morgan fingerprint density at radius 2 is 1.79 bits per heavy atom. The molecule has 0 aliphatic carbocycles. The van der Waals surface area contributed by atoms with E-state index in [-0.39, 0.29) is 27.9 Å². The van der Waals surface area contributed by atoms with Crippen LogP contribution in [0.4, 0.5) is 18.9 Å². The standard InChI is InChI=1S/C22H20BrClF3N3O2S/c1-15(24)17-8-9-20(18(11-17)22(25,26)27)30(10-4-5-16-12-28-14-29-13-16)33(31,32)21-7-3-2-6-19(21)23/h2-3,6-9,11-15H,4-5,10H2,1H3. The highest BCUT2D eigenvalue weighted by Gasteiger charge is 2.38. The van der Waals surface area contributed by atoms with Gasteiger partial charge in [-0.3, -0.25) is 4.31 Å². The zero-order valence-electron chi connectivity index (χ0n) is 17.4. The molecule has 0 aliphatic rings. The molecule has 1 aromatic heterocycles. The van der Waals surface area contributed by atoms with Gasteiger partial charge in [0.1, 0.15) is 11.2 Å². The van der Waals surface area contributed by atoms with Gasteiger partial charge in [0.25, 0.3) is 10.0 Å². The highest BCUT2D eigenvalue weighted by atomic mass is 79.9. The number of rotatable bonds is 8. The number of nitrogens with zero attached hydrogens (tertiary/aromatic N) is 3. The van der Waals surface area contributed by atoms with E-state index in [1.165, 1.54) is 30.6 Å². The van der Waals surface area contributed by atoms with Gasteiger partial charge in [0.15, 0.2) is 0 Å². The average Bonchev–Trinajstić information content (AvgIpc) is 2.76. The Labute approximate surface area is 203 Å². The zero-order chi connectivity index (χ0) is 24.2. The minimum atomic E-state index is -4.79. The lowest BCUT2D eigenvalue weighted by Crippen LogP contribution is -2.34. The van der Waals surface area contributed by atoms with E-state index in [2.05, 4.69) is 25.9 Å². The van der Waals surface area contributed by atoms with Crippen LogP contribution in [0.3, 0.4) is 0 Å². The van der Waals surface area contributed by atoms with E-state index >= 15 is 0 Å². The molecule has 0 saturated carbocycles. The fraction of sp³-hybridized carbons (Fsp3) is 0.273. The summed E-state index contributed by atoms with van der Waals surface area (Å²) in [6.45, 7) is 1.37. The number of halogens is 5. The molecule has 0 aliphatic heterocycles. The minimum Gasteiger partial charge on any atom is -0.266 e. The quantitative estimate of drug-likeness (QED) is 0.299. The molecule has 176 valence electrons. The van der Waals surface area contributed by atoms with Crippen LogP contribution in [0.5, 0.6) is 0 Å². The maximum Gasteiger partial charge on any atom is 0.418 e. The second-order valence-corrected chi connectivity index (χ2v) is 10.6.